The van der Waals surface area contributed by atoms with E-state index < -0.39 is 49.5 Å². The van der Waals surface area contributed by atoms with E-state index in [-0.39, 0.29) is 12.5 Å². The molecule has 1 rings (SSSR count). The van der Waals surface area contributed by atoms with E-state index in [0.29, 0.717) is 6.42 Å². The molecule has 7 unspecified atom stereocenters. The van der Waals surface area contributed by atoms with Crippen LogP contribution in [0.2, 0.25) is 0 Å². The number of amides is 1. The maximum Gasteiger partial charge on any atom is 0.220 e. The number of aliphatic hydroxyl groups is 5. The summed E-state index contributed by atoms with van der Waals surface area (Å²) in [6, 6.07) is -0.840. The second kappa shape index (κ2) is 70.9. The summed E-state index contributed by atoms with van der Waals surface area (Å²) in [5, 5.41) is 54.8. The number of unbranched alkanes of at least 4 members (excludes halogenated alkanes) is 34. The fourth-order valence-corrected chi connectivity index (χ4v) is 11.4. The van der Waals surface area contributed by atoms with E-state index in [2.05, 4.69) is 153 Å². The number of hydrogen-bond donors (Lipinski definition) is 6. The van der Waals surface area contributed by atoms with Crippen LogP contribution in [0.1, 0.15) is 322 Å². The molecule has 0 spiro atoms. The normalized spacial score (nSPS) is 18.5. The van der Waals surface area contributed by atoms with Crippen molar-refractivity contribution in [1.29, 1.82) is 0 Å². The molecular weight excluding hydrogens is 1150 g/mol. The van der Waals surface area contributed by atoms with Crippen LogP contribution in [0.3, 0.4) is 0 Å². The maximum absolute atomic E-state index is 13.2. The van der Waals surface area contributed by atoms with Gasteiger partial charge < -0.3 is 40.3 Å². The van der Waals surface area contributed by atoms with Crippen LogP contribution < -0.4 is 5.32 Å². The second-order valence-electron chi connectivity index (χ2n) is 26.0. The molecule has 0 radical (unpaired) electrons. The SMILES string of the molecule is CC/C=C\C/C=C\C/C=C\C/C=C\C/C=C\C/C=C\C/C=C\C/C=C\C/C=C\CCCCCCCCCCCCCCCC(=O)NC(COC1OC(CO)C(O)C(O)C1O)C(O)/C=C/CC/C=C/CC/C=C/CCCCCCCCCCCCCCCCCCCCC. The van der Waals surface area contributed by atoms with Gasteiger partial charge in [0.05, 0.1) is 25.4 Å². The van der Waals surface area contributed by atoms with Crippen molar-refractivity contribution in [3.63, 3.8) is 0 Å². The van der Waals surface area contributed by atoms with E-state index in [9.17, 15) is 30.3 Å². The first-order valence-corrected chi connectivity index (χ1v) is 38.6. The maximum atomic E-state index is 13.2. The molecule has 9 heteroatoms. The van der Waals surface area contributed by atoms with E-state index in [1.807, 2.05) is 6.08 Å². The van der Waals surface area contributed by atoms with Crippen LogP contribution in [0.15, 0.2) is 146 Å². The molecule has 1 aliphatic heterocycles. The van der Waals surface area contributed by atoms with E-state index in [0.717, 1.165) is 103 Å². The van der Waals surface area contributed by atoms with Crippen molar-refractivity contribution in [2.45, 2.75) is 365 Å². The van der Waals surface area contributed by atoms with Gasteiger partial charge in [0, 0.05) is 6.42 Å². The molecule has 1 fully saturated rings. The Hall–Kier alpha value is -3.93. The van der Waals surface area contributed by atoms with E-state index in [4.69, 9.17) is 9.47 Å². The Morgan fingerprint density at radius 3 is 1.03 bits per heavy atom. The third kappa shape index (κ3) is 59.1. The summed E-state index contributed by atoms with van der Waals surface area (Å²) < 4.78 is 11.3. The third-order valence-corrected chi connectivity index (χ3v) is 17.4. The first-order chi connectivity index (χ1) is 45.8. The van der Waals surface area contributed by atoms with E-state index >= 15 is 0 Å². The number of aliphatic hydroxyl groups excluding tert-OH is 5. The number of rotatable bonds is 66. The molecule has 7 atom stereocenters. The number of carbonyl (C=O) groups is 1. The molecule has 1 saturated heterocycles. The largest absolute Gasteiger partial charge is 0.394 e. The van der Waals surface area contributed by atoms with Gasteiger partial charge in [-0.15, -0.1) is 0 Å². The first-order valence-electron chi connectivity index (χ1n) is 38.6. The average molecular weight is 1300 g/mol. The summed E-state index contributed by atoms with van der Waals surface area (Å²) in [5.74, 6) is -0.194. The van der Waals surface area contributed by atoms with Gasteiger partial charge in [0.25, 0.3) is 0 Å². The van der Waals surface area contributed by atoms with Gasteiger partial charge in [-0.3, -0.25) is 4.79 Å². The smallest absolute Gasteiger partial charge is 0.220 e. The highest BCUT2D eigenvalue weighted by Gasteiger charge is 2.44. The van der Waals surface area contributed by atoms with Gasteiger partial charge in [-0.25, -0.2) is 0 Å². The van der Waals surface area contributed by atoms with Crippen LogP contribution >= 0.6 is 0 Å². The van der Waals surface area contributed by atoms with E-state index in [1.165, 1.54) is 199 Å². The van der Waals surface area contributed by atoms with Crippen LogP contribution in [0.5, 0.6) is 0 Å². The minimum Gasteiger partial charge on any atom is -0.394 e. The van der Waals surface area contributed by atoms with Crippen LogP contribution in [0.4, 0.5) is 0 Å². The fourth-order valence-electron chi connectivity index (χ4n) is 11.4. The second-order valence-corrected chi connectivity index (χ2v) is 26.0. The van der Waals surface area contributed by atoms with Crippen molar-refractivity contribution < 1.29 is 39.8 Å². The number of allylic oxidation sites excluding steroid dienone is 23. The number of ether oxygens (including phenoxy) is 2. The molecule has 0 aromatic carbocycles. The lowest BCUT2D eigenvalue weighted by molar-refractivity contribution is -0.302. The summed E-state index contributed by atoms with van der Waals surface area (Å²) in [6.07, 6.45) is 103. The molecule has 0 bridgehead atoms. The molecule has 9 nitrogen and oxygen atoms in total. The minimum atomic E-state index is -1.58. The van der Waals surface area contributed by atoms with Gasteiger partial charge in [-0.1, -0.05) is 346 Å². The molecule has 0 aliphatic carbocycles. The van der Waals surface area contributed by atoms with E-state index in [1.54, 1.807) is 6.08 Å². The quantitative estimate of drug-likeness (QED) is 0.0261. The predicted octanol–water partition coefficient (Wildman–Crippen LogP) is 22.1. The molecule has 0 saturated carbocycles. The molecule has 0 aromatic heterocycles. The summed E-state index contributed by atoms with van der Waals surface area (Å²) in [7, 11) is 0. The zero-order valence-corrected chi connectivity index (χ0v) is 59.7. The van der Waals surface area contributed by atoms with Gasteiger partial charge in [-0.2, -0.15) is 0 Å². The summed E-state index contributed by atoms with van der Waals surface area (Å²) in [6.45, 7) is 3.67. The van der Waals surface area contributed by atoms with Crippen LogP contribution in [0, 0.1) is 0 Å². The minimum absolute atomic E-state index is 0.194. The zero-order valence-electron chi connectivity index (χ0n) is 59.7. The Balaban J connectivity index is 2.14. The van der Waals surface area contributed by atoms with Crippen molar-refractivity contribution in [2.24, 2.45) is 0 Å². The summed E-state index contributed by atoms with van der Waals surface area (Å²) in [5.41, 5.74) is 0. The molecule has 1 heterocycles. The number of hydrogen-bond acceptors (Lipinski definition) is 8. The van der Waals surface area contributed by atoms with Gasteiger partial charge in [0.1, 0.15) is 24.4 Å². The van der Waals surface area contributed by atoms with Crippen molar-refractivity contribution >= 4 is 5.91 Å². The fraction of sp³-hybridized carbons (Fsp3) is 0.702. The molecule has 6 N–H and O–H groups in total. The highest BCUT2D eigenvalue weighted by molar-refractivity contribution is 5.76. The Bertz CT molecular complexity index is 1990. The van der Waals surface area contributed by atoms with Crippen LogP contribution in [-0.2, 0) is 14.3 Å². The average Bonchev–Trinajstić information content (AvgIpc) is 1.00. The Labute approximate surface area is 572 Å². The van der Waals surface area contributed by atoms with Crippen molar-refractivity contribution in [2.75, 3.05) is 13.2 Å². The van der Waals surface area contributed by atoms with Crippen LogP contribution in [0.25, 0.3) is 0 Å². The highest BCUT2D eigenvalue weighted by Crippen LogP contribution is 2.23. The van der Waals surface area contributed by atoms with Crippen LogP contribution in [-0.4, -0.2) is 87.5 Å². The predicted molar refractivity (Wildman–Crippen MR) is 400 cm³/mol. The molecule has 1 aliphatic rings. The van der Waals surface area contributed by atoms with Gasteiger partial charge >= 0.3 is 0 Å². The lowest BCUT2D eigenvalue weighted by Gasteiger charge is -2.40. The lowest BCUT2D eigenvalue weighted by Crippen LogP contribution is -2.60. The first kappa shape index (κ1) is 87.1. The Morgan fingerprint density at radius 1 is 0.376 bits per heavy atom. The molecule has 0 aromatic rings. The van der Waals surface area contributed by atoms with Gasteiger partial charge in [0.2, 0.25) is 5.91 Å². The number of carbonyl (C=O) groups excluding carboxylic acids is 1. The lowest BCUT2D eigenvalue weighted by atomic mass is 9.99. The number of nitrogens with one attached hydrogen (secondary N) is 1. The molecule has 93 heavy (non-hydrogen) atoms. The van der Waals surface area contributed by atoms with Gasteiger partial charge in [0.15, 0.2) is 6.29 Å². The highest BCUT2D eigenvalue weighted by atomic mass is 16.7. The standard InChI is InChI=1S/C84H143NO8/c1-3-5-7-9-11-13-15-17-19-21-23-25-27-29-31-33-34-35-36-37-38-39-40-41-42-43-44-46-48-50-52-54-56-58-60-62-64-66-68-70-72-74-80(88)85-77(76-92-84-83(91)82(90)81(89)79(75-86)93-84)78(87)73-71-69-67-65-63-61-59-57-55-53-51-49-47-45-32-30-28-26-24-22-20-18-16-14-12-10-8-6-4-2/h5,7,11,13,17,19,23,25,29,31,34-35,37-38,40-41,43-44,55,57,63,65,71,73,77-79,81-84,86-87,89-91H,3-4,6,8-10,12,14-16,18,20-22,24,26-28,30,32-33,36,39,42,45-54,56,58-62,64,66-70,72,74-76H2,1-2H3,(H,85,88)/b7-5-,13-11-,19-17-,25-23-,31-29-,35-34-,38-37-,41-40-,44-43-,57-55+,65-63+,73-71+. The van der Waals surface area contributed by atoms with Gasteiger partial charge in [-0.05, 0) is 116 Å². The van der Waals surface area contributed by atoms with Crippen molar-refractivity contribution in [3.05, 3.63) is 146 Å². The third-order valence-electron chi connectivity index (χ3n) is 17.4. The molecule has 1 amide bonds. The topological polar surface area (TPSA) is 149 Å². The van der Waals surface area contributed by atoms with Crippen molar-refractivity contribution in [1.82, 2.24) is 5.32 Å². The monoisotopic (exact) mass is 1290 g/mol. The Morgan fingerprint density at radius 2 is 0.677 bits per heavy atom. The summed E-state index contributed by atoms with van der Waals surface area (Å²) >= 11 is 0. The Kier molecular flexibility index (Phi) is 66.3. The zero-order chi connectivity index (χ0) is 67.1. The molecular formula is C84H143NO8. The summed E-state index contributed by atoms with van der Waals surface area (Å²) in [4.78, 5) is 13.2. The van der Waals surface area contributed by atoms with Crippen molar-refractivity contribution in [3.8, 4) is 0 Å². The molecule has 532 valence electrons.